The maximum atomic E-state index is 12.6. The van der Waals surface area contributed by atoms with Gasteiger partial charge in [-0.3, -0.25) is 15.1 Å². The normalized spacial score (nSPS) is 11.1. The van der Waals surface area contributed by atoms with Gasteiger partial charge < -0.3 is 8.98 Å². The van der Waals surface area contributed by atoms with Crippen LogP contribution in [0, 0.1) is 0 Å². The molecule has 0 fully saturated rings. The summed E-state index contributed by atoms with van der Waals surface area (Å²) in [5.74, 6) is -0.186. The van der Waals surface area contributed by atoms with Crippen LogP contribution in [0.15, 0.2) is 71.2 Å². The topological polar surface area (TPSA) is 73.0 Å². The maximum absolute atomic E-state index is 12.6. The van der Waals surface area contributed by atoms with Gasteiger partial charge in [0.25, 0.3) is 5.91 Å². The van der Waals surface area contributed by atoms with E-state index < -0.39 is 0 Å². The van der Waals surface area contributed by atoms with E-state index in [1.807, 2.05) is 52.6 Å². The van der Waals surface area contributed by atoms with Crippen LogP contribution >= 0.6 is 11.3 Å². The molecule has 0 aliphatic rings. The Labute approximate surface area is 159 Å². The molecule has 4 heterocycles. The average molecular weight is 376 g/mol. The molecule has 134 valence electrons. The molecule has 0 aliphatic heterocycles. The summed E-state index contributed by atoms with van der Waals surface area (Å²) in [5, 5.41) is 5.32. The fourth-order valence-electron chi connectivity index (χ4n) is 2.58. The Morgan fingerprint density at radius 3 is 2.93 bits per heavy atom. The van der Waals surface area contributed by atoms with Crippen molar-refractivity contribution in [1.82, 2.24) is 14.5 Å². The quantitative estimate of drug-likeness (QED) is 0.541. The number of carbonyl (C=O) groups excluding carboxylic acids is 1. The number of nitrogens with one attached hydrogen (secondary N) is 1. The van der Waals surface area contributed by atoms with Gasteiger partial charge in [-0.1, -0.05) is 0 Å². The van der Waals surface area contributed by atoms with Gasteiger partial charge in [-0.05, 0) is 48.0 Å². The highest BCUT2D eigenvalue weighted by molar-refractivity contribution is 7.14. The number of pyridine rings is 1. The summed E-state index contributed by atoms with van der Waals surface area (Å²) in [7, 11) is 0. The van der Waals surface area contributed by atoms with Crippen molar-refractivity contribution < 1.29 is 9.21 Å². The van der Waals surface area contributed by atoms with Gasteiger partial charge in [0.05, 0.1) is 18.2 Å². The third kappa shape index (κ3) is 4.21. The molecule has 1 N–H and O–H groups in total. The molecule has 7 heteroatoms. The molecule has 0 saturated carbocycles. The molecule has 0 atom stereocenters. The maximum Gasteiger partial charge on any atom is 0.274 e. The van der Waals surface area contributed by atoms with E-state index in [9.17, 15) is 4.79 Å². The van der Waals surface area contributed by atoms with Crippen LogP contribution in [-0.4, -0.2) is 20.4 Å². The lowest BCUT2D eigenvalue weighted by Gasteiger charge is -2.08. The number of hydrogen-bond acceptors (Lipinski definition) is 5. The average Bonchev–Trinajstić information content (AvgIpc) is 3.43. The molecular formula is C20H16N4O2S. The number of carbonyl (C=O) groups is 1. The zero-order valence-corrected chi connectivity index (χ0v) is 15.1. The Hall–Kier alpha value is -3.45. The van der Waals surface area contributed by atoms with Crippen molar-refractivity contribution in [3.05, 3.63) is 89.3 Å². The first kappa shape index (κ1) is 17.0. The van der Waals surface area contributed by atoms with E-state index in [-0.39, 0.29) is 5.91 Å². The number of anilines is 1. The first-order valence-corrected chi connectivity index (χ1v) is 9.17. The van der Waals surface area contributed by atoms with Gasteiger partial charge in [0.15, 0.2) is 5.13 Å². The highest BCUT2D eigenvalue weighted by Crippen LogP contribution is 2.19. The summed E-state index contributed by atoms with van der Waals surface area (Å²) in [5.41, 5.74) is 3.40. The Kier molecular flexibility index (Phi) is 4.93. The lowest BCUT2D eigenvalue weighted by Crippen LogP contribution is -2.17. The number of amides is 1. The Bertz CT molecular complexity index is 1050. The Morgan fingerprint density at radius 1 is 1.22 bits per heavy atom. The minimum atomic E-state index is -0.186. The second kappa shape index (κ2) is 7.84. The first-order chi connectivity index (χ1) is 13.3. The Morgan fingerprint density at radius 2 is 2.11 bits per heavy atom. The van der Waals surface area contributed by atoms with Crippen LogP contribution in [-0.2, 0) is 6.54 Å². The number of rotatable bonds is 6. The van der Waals surface area contributed by atoms with E-state index in [1.54, 1.807) is 31.0 Å². The van der Waals surface area contributed by atoms with Crippen molar-refractivity contribution in [2.45, 2.75) is 6.54 Å². The second-order valence-corrected chi connectivity index (χ2v) is 6.66. The molecule has 1 amide bonds. The molecule has 4 aromatic rings. The Balaban J connectivity index is 1.43. The molecule has 0 bridgehead atoms. The molecule has 0 aromatic carbocycles. The van der Waals surface area contributed by atoms with Crippen molar-refractivity contribution in [2.24, 2.45) is 0 Å². The van der Waals surface area contributed by atoms with E-state index in [1.165, 1.54) is 11.3 Å². The number of hydrogen-bond donors (Lipinski definition) is 1. The van der Waals surface area contributed by atoms with Crippen molar-refractivity contribution in [1.29, 1.82) is 0 Å². The van der Waals surface area contributed by atoms with Gasteiger partial charge in [-0.25, -0.2) is 4.98 Å². The van der Waals surface area contributed by atoms with Crippen molar-refractivity contribution >= 4 is 34.5 Å². The number of thiazole rings is 1. The van der Waals surface area contributed by atoms with E-state index in [4.69, 9.17) is 4.42 Å². The zero-order chi connectivity index (χ0) is 18.5. The predicted octanol–water partition coefficient (Wildman–Crippen LogP) is 4.40. The fraction of sp³-hybridized carbons (Fsp3) is 0.0500. The molecule has 0 unspecified atom stereocenters. The van der Waals surface area contributed by atoms with E-state index in [0.717, 1.165) is 16.8 Å². The summed E-state index contributed by atoms with van der Waals surface area (Å²) < 4.78 is 6.92. The summed E-state index contributed by atoms with van der Waals surface area (Å²) in [6.45, 7) is 0.606. The van der Waals surface area contributed by atoms with Crippen LogP contribution in [0.4, 0.5) is 5.13 Å². The number of aromatic nitrogens is 3. The fourth-order valence-corrected chi connectivity index (χ4v) is 3.25. The summed E-state index contributed by atoms with van der Waals surface area (Å²) >= 11 is 1.39. The van der Waals surface area contributed by atoms with E-state index >= 15 is 0 Å². The minimum Gasteiger partial charge on any atom is -0.472 e. The first-order valence-electron chi connectivity index (χ1n) is 8.29. The van der Waals surface area contributed by atoms with Crippen LogP contribution in [0.3, 0.4) is 0 Å². The van der Waals surface area contributed by atoms with Crippen LogP contribution in [0.2, 0.25) is 0 Å². The summed E-state index contributed by atoms with van der Waals surface area (Å²) in [4.78, 5) is 21.1. The third-order valence-corrected chi connectivity index (χ3v) is 4.67. The van der Waals surface area contributed by atoms with Crippen LogP contribution < -0.4 is 5.32 Å². The number of nitrogens with zero attached hydrogens (tertiary/aromatic N) is 3. The highest BCUT2D eigenvalue weighted by Gasteiger charge is 2.13. The van der Waals surface area contributed by atoms with Gasteiger partial charge in [0, 0.05) is 36.1 Å². The van der Waals surface area contributed by atoms with Gasteiger partial charge in [0.1, 0.15) is 5.69 Å². The van der Waals surface area contributed by atoms with Gasteiger partial charge in [-0.15, -0.1) is 11.3 Å². The van der Waals surface area contributed by atoms with Crippen LogP contribution in [0.25, 0.3) is 12.2 Å². The summed E-state index contributed by atoms with van der Waals surface area (Å²) in [6, 6.07) is 9.38. The molecule has 0 spiro atoms. The molecule has 4 aromatic heterocycles. The predicted molar refractivity (Wildman–Crippen MR) is 105 cm³/mol. The standard InChI is InChI=1S/C20H16N4O2S/c25-19(18-2-1-10-24(18)12-15-5-8-21-9-6-15)23-20-22-17(14-27-20)4-3-16-7-11-26-13-16/h1-11,13-14H,12H2,(H,22,23,25)/b4-3+. The molecule has 0 aliphatic carbocycles. The van der Waals surface area contributed by atoms with E-state index in [0.29, 0.717) is 17.4 Å². The highest BCUT2D eigenvalue weighted by atomic mass is 32.1. The van der Waals surface area contributed by atoms with Crippen LogP contribution in [0.1, 0.15) is 27.3 Å². The minimum absolute atomic E-state index is 0.186. The van der Waals surface area contributed by atoms with Gasteiger partial charge in [0.2, 0.25) is 0 Å². The van der Waals surface area contributed by atoms with Crippen molar-refractivity contribution in [2.75, 3.05) is 5.32 Å². The summed E-state index contributed by atoms with van der Waals surface area (Å²) in [6.07, 6.45) is 12.4. The zero-order valence-electron chi connectivity index (χ0n) is 14.3. The van der Waals surface area contributed by atoms with Crippen molar-refractivity contribution in [3.8, 4) is 0 Å². The van der Waals surface area contributed by atoms with E-state index in [2.05, 4.69) is 15.3 Å². The lowest BCUT2D eigenvalue weighted by molar-refractivity contribution is 0.101. The second-order valence-electron chi connectivity index (χ2n) is 5.80. The monoisotopic (exact) mass is 376 g/mol. The largest absolute Gasteiger partial charge is 0.472 e. The molecule has 0 radical (unpaired) electrons. The van der Waals surface area contributed by atoms with Crippen LogP contribution in [0.5, 0.6) is 0 Å². The molecular weight excluding hydrogens is 360 g/mol. The molecule has 6 nitrogen and oxygen atoms in total. The third-order valence-electron chi connectivity index (χ3n) is 3.90. The molecule has 27 heavy (non-hydrogen) atoms. The lowest BCUT2D eigenvalue weighted by atomic mass is 10.2. The molecule has 4 rings (SSSR count). The van der Waals surface area contributed by atoms with Gasteiger partial charge in [-0.2, -0.15) is 0 Å². The van der Waals surface area contributed by atoms with Gasteiger partial charge >= 0.3 is 0 Å². The SMILES string of the molecule is O=C(Nc1nc(/C=C/c2ccoc2)cs1)c1cccn1Cc1ccncc1. The van der Waals surface area contributed by atoms with Crippen molar-refractivity contribution in [3.63, 3.8) is 0 Å². The smallest absolute Gasteiger partial charge is 0.274 e. The molecule has 0 saturated heterocycles. The number of furan rings is 1.